The van der Waals surface area contributed by atoms with Crippen molar-refractivity contribution in [3.05, 3.63) is 29.8 Å². The van der Waals surface area contributed by atoms with Crippen molar-refractivity contribution >= 4 is 12.1 Å². The van der Waals surface area contributed by atoms with Gasteiger partial charge < -0.3 is 25.5 Å². The Morgan fingerprint density at radius 1 is 1.30 bits per heavy atom. The molecule has 6 N–H and O–H groups in total. The van der Waals surface area contributed by atoms with Gasteiger partial charge in [0.05, 0.1) is 18.4 Å². The third-order valence-electron chi connectivity index (χ3n) is 2.47. The van der Waals surface area contributed by atoms with Crippen molar-refractivity contribution in [1.82, 2.24) is 5.43 Å². The monoisotopic (exact) mass is 284 g/mol. The zero-order valence-electron chi connectivity index (χ0n) is 10.4. The molecule has 0 spiro atoms. The van der Waals surface area contributed by atoms with Gasteiger partial charge in [-0.1, -0.05) is 12.1 Å². The van der Waals surface area contributed by atoms with Gasteiger partial charge in [-0.05, 0) is 12.1 Å². The molecule has 0 fully saturated rings. The number of carbonyl (C=O) groups excluding carboxylic acids is 1. The summed E-state index contributed by atoms with van der Waals surface area (Å²) >= 11 is 0. The first-order chi connectivity index (χ1) is 9.47. The van der Waals surface area contributed by atoms with Crippen LogP contribution in [-0.2, 0) is 0 Å². The number of aliphatic hydroxyl groups is 4. The highest BCUT2D eigenvalue weighted by atomic mass is 16.4. The highest BCUT2D eigenvalue weighted by Gasteiger charge is 2.22. The molecule has 0 heterocycles. The van der Waals surface area contributed by atoms with Crippen molar-refractivity contribution < 1.29 is 30.3 Å². The Labute approximate surface area is 114 Å². The van der Waals surface area contributed by atoms with Crippen LogP contribution in [0.5, 0.6) is 5.75 Å². The van der Waals surface area contributed by atoms with Gasteiger partial charge in [-0.2, -0.15) is 5.10 Å². The molecule has 3 atom stereocenters. The van der Waals surface area contributed by atoms with Gasteiger partial charge in [0.15, 0.2) is 0 Å². The summed E-state index contributed by atoms with van der Waals surface area (Å²) < 4.78 is 0. The molecule has 1 rings (SSSR count). The van der Waals surface area contributed by atoms with Crippen LogP contribution >= 0.6 is 0 Å². The van der Waals surface area contributed by atoms with Gasteiger partial charge in [-0.3, -0.25) is 4.79 Å². The topological polar surface area (TPSA) is 143 Å². The van der Waals surface area contributed by atoms with Gasteiger partial charge in [-0.15, -0.1) is 0 Å². The predicted octanol–water partition coefficient (Wildman–Crippen LogP) is -1.82. The quantitative estimate of drug-likeness (QED) is 0.268. The van der Waals surface area contributed by atoms with E-state index in [1.54, 1.807) is 12.1 Å². The van der Waals surface area contributed by atoms with E-state index in [9.17, 15) is 20.1 Å². The predicted molar refractivity (Wildman–Crippen MR) is 69.2 cm³/mol. The second kappa shape index (κ2) is 7.56. The van der Waals surface area contributed by atoms with Crippen LogP contribution in [0.4, 0.5) is 0 Å². The van der Waals surface area contributed by atoms with E-state index in [1.165, 1.54) is 12.1 Å². The second-order valence-electron chi connectivity index (χ2n) is 3.97. The Hall–Kier alpha value is -2.00. The molecule has 1 amide bonds. The minimum Gasteiger partial charge on any atom is -0.507 e. The zero-order chi connectivity index (χ0) is 15.1. The van der Waals surface area contributed by atoms with Crippen LogP contribution in [0.15, 0.2) is 29.4 Å². The maximum Gasteiger partial charge on any atom is 0.275 e. The number of rotatable bonds is 6. The van der Waals surface area contributed by atoms with Gasteiger partial charge in [0.2, 0.25) is 0 Å². The minimum absolute atomic E-state index is 0.00455. The van der Waals surface area contributed by atoms with Crippen LogP contribution in [0.25, 0.3) is 0 Å². The lowest BCUT2D eigenvalue weighted by Crippen LogP contribution is -2.40. The molecule has 20 heavy (non-hydrogen) atoms. The van der Waals surface area contributed by atoms with Crippen LogP contribution < -0.4 is 5.43 Å². The first-order valence-electron chi connectivity index (χ1n) is 5.74. The van der Waals surface area contributed by atoms with Crippen molar-refractivity contribution in [2.75, 3.05) is 6.61 Å². The van der Waals surface area contributed by atoms with E-state index in [-0.39, 0.29) is 11.3 Å². The van der Waals surface area contributed by atoms with E-state index in [4.69, 9.17) is 10.2 Å². The molecule has 0 aliphatic carbocycles. The number of aliphatic hydroxyl groups excluding tert-OH is 4. The largest absolute Gasteiger partial charge is 0.507 e. The van der Waals surface area contributed by atoms with E-state index in [0.717, 1.165) is 6.21 Å². The van der Waals surface area contributed by atoms with Crippen LogP contribution in [-0.4, -0.2) is 62.6 Å². The van der Waals surface area contributed by atoms with Crippen molar-refractivity contribution in [2.24, 2.45) is 5.10 Å². The van der Waals surface area contributed by atoms with Crippen LogP contribution in [0, 0.1) is 0 Å². The molecule has 1 aromatic carbocycles. The smallest absolute Gasteiger partial charge is 0.275 e. The fourth-order valence-electron chi connectivity index (χ4n) is 1.32. The molecule has 0 aliphatic heterocycles. The summed E-state index contributed by atoms with van der Waals surface area (Å²) in [4.78, 5) is 11.6. The molecule has 0 aromatic heterocycles. The molecule has 0 radical (unpaired) electrons. The Morgan fingerprint density at radius 3 is 2.55 bits per heavy atom. The molecule has 1 aromatic rings. The standard InChI is InChI=1S/C12H16N2O6/c15-6-10(18)11(19)9(17)5-13-14-12(20)7-3-1-2-4-8(7)16/h1-5,9-11,15-19H,6H2,(H,14,20). The SMILES string of the molecule is O=C(NN=CC(O)C(O)C(O)CO)c1ccccc1O. The highest BCUT2D eigenvalue weighted by molar-refractivity contribution is 5.96. The number of amides is 1. The summed E-state index contributed by atoms with van der Waals surface area (Å²) in [5, 5.41) is 49.2. The van der Waals surface area contributed by atoms with Crippen LogP contribution in [0.2, 0.25) is 0 Å². The lowest BCUT2D eigenvalue weighted by Gasteiger charge is -2.17. The number of phenolic OH excluding ortho intramolecular Hbond substituents is 1. The number of phenols is 1. The lowest BCUT2D eigenvalue weighted by atomic mass is 10.1. The number of hydrogen-bond acceptors (Lipinski definition) is 7. The van der Waals surface area contributed by atoms with Crippen LogP contribution in [0.1, 0.15) is 10.4 Å². The molecule has 0 saturated heterocycles. The maximum absolute atomic E-state index is 11.6. The molecule has 3 unspecified atom stereocenters. The lowest BCUT2D eigenvalue weighted by molar-refractivity contribution is -0.0542. The van der Waals surface area contributed by atoms with Gasteiger partial charge in [0.25, 0.3) is 5.91 Å². The fraction of sp³-hybridized carbons (Fsp3) is 0.333. The molecular weight excluding hydrogens is 268 g/mol. The third-order valence-corrected chi connectivity index (χ3v) is 2.47. The molecule has 8 nitrogen and oxygen atoms in total. The first-order valence-corrected chi connectivity index (χ1v) is 5.74. The van der Waals surface area contributed by atoms with E-state index in [0.29, 0.717) is 0 Å². The number of carbonyl (C=O) groups is 1. The number of para-hydroxylation sites is 1. The summed E-state index contributed by atoms with van der Waals surface area (Å²) in [6, 6.07) is 5.80. The average molecular weight is 284 g/mol. The fourth-order valence-corrected chi connectivity index (χ4v) is 1.32. The second-order valence-corrected chi connectivity index (χ2v) is 3.97. The van der Waals surface area contributed by atoms with Gasteiger partial charge >= 0.3 is 0 Å². The van der Waals surface area contributed by atoms with Crippen molar-refractivity contribution in [3.63, 3.8) is 0 Å². The maximum atomic E-state index is 11.6. The van der Waals surface area contributed by atoms with Crippen molar-refractivity contribution in [1.29, 1.82) is 0 Å². The summed E-state index contributed by atoms with van der Waals surface area (Å²) in [6.07, 6.45) is -3.93. The Morgan fingerprint density at radius 2 is 1.95 bits per heavy atom. The van der Waals surface area contributed by atoms with Crippen LogP contribution in [0.3, 0.4) is 0 Å². The number of hydrazone groups is 1. The van der Waals surface area contributed by atoms with E-state index in [2.05, 4.69) is 5.10 Å². The normalized spacial score (nSPS) is 15.8. The number of aromatic hydroxyl groups is 1. The number of nitrogens with one attached hydrogen (secondary N) is 1. The van der Waals surface area contributed by atoms with Gasteiger partial charge in [-0.25, -0.2) is 5.43 Å². The van der Waals surface area contributed by atoms with Crippen molar-refractivity contribution in [3.8, 4) is 5.75 Å². The summed E-state index contributed by atoms with van der Waals surface area (Å²) in [7, 11) is 0. The Kier molecular flexibility index (Phi) is 6.07. The summed E-state index contributed by atoms with van der Waals surface area (Å²) in [5.74, 6) is -0.930. The number of nitrogens with zero attached hydrogens (tertiary/aromatic N) is 1. The Bertz CT molecular complexity index is 479. The highest BCUT2D eigenvalue weighted by Crippen LogP contribution is 2.14. The zero-order valence-corrected chi connectivity index (χ0v) is 10.4. The van der Waals surface area contributed by atoms with Gasteiger partial charge in [0.1, 0.15) is 24.1 Å². The minimum atomic E-state index is -1.63. The first kappa shape index (κ1) is 16.1. The third kappa shape index (κ3) is 4.28. The van der Waals surface area contributed by atoms with E-state index >= 15 is 0 Å². The molecule has 0 bridgehead atoms. The Balaban J connectivity index is 2.57. The van der Waals surface area contributed by atoms with E-state index in [1.807, 2.05) is 5.43 Å². The molecule has 110 valence electrons. The number of hydrogen-bond donors (Lipinski definition) is 6. The average Bonchev–Trinajstić information content (AvgIpc) is 2.45. The molecule has 8 heteroatoms. The molecule has 0 aliphatic rings. The summed E-state index contributed by atoms with van der Waals surface area (Å²) in [5.41, 5.74) is 2.03. The van der Waals surface area contributed by atoms with E-state index < -0.39 is 30.8 Å². The van der Waals surface area contributed by atoms with Crippen molar-refractivity contribution in [2.45, 2.75) is 18.3 Å². The number of benzene rings is 1. The molecular formula is C12H16N2O6. The summed E-state index contributed by atoms with van der Waals surface area (Å²) in [6.45, 7) is -0.726. The van der Waals surface area contributed by atoms with Gasteiger partial charge in [0, 0.05) is 0 Å². The molecule has 0 saturated carbocycles.